The van der Waals surface area contributed by atoms with E-state index in [-0.39, 0.29) is 11.8 Å². The Bertz CT molecular complexity index is 1110. The lowest BCUT2D eigenvalue weighted by Crippen LogP contribution is -2.15. The molecule has 4 aromatic rings. The van der Waals surface area contributed by atoms with Gasteiger partial charge >= 0.3 is 0 Å². The Kier molecular flexibility index (Phi) is 5.43. The van der Waals surface area contributed by atoms with Crippen LogP contribution in [-0.2, 0) is 4.79 Å². The van der Waals surface area contributed by atoms with E-state index in [1.807, 2.05) is 66.0 Å². The Balaban J connectivity index is 1.74. The zero-order valence-electron chi connectivity index (χ0n) is 14.5. The highest BCUT2D eigenvalue weighted by atomic mass is 35.5. The zero-order chi connectivity index (χ0) is 19.5. The van der Waals surface area contributed by atoms with Crippen molar-refractivity contribution in [1.82, 2.24) is 14.8 Å². The van der Waals surface area contributed by atoms with Crippen LogP contribution in [-0.4, -0.2) is 26.6 Å². The molecule has 0 radical (unpaired) electrons. The maximum absolute atomic E-state index is 11.9. The fourth-order valence-corrected chi connectivity index (χ4v) is 3.65. The second-order valence-electron chi connectivity index (χ2n) is 5.90. The van der Waals surface area contributed by atoms with Gasteiger partial charge in [0.2, 0.25) is 11.0 Å². The minimum absolute atomic E-state index is 0.139. The Labute approximate surface area is 175 Å². The first-order chi connectivity index (χ1) is 13.6. The molecule has 0 atom stereocenters. The summed E-state index contributed by atoms with van der Waals surface area (Å²) in [5.74, 6) is 0.0677. The zero-order valence-corrected chi connectivity index (χ0v) is 16.8. The minimum Gasteiger partial charge on any atom is -0.309 e. The number of nitrogens with zero attached hydrogens (tertiary/aromatic N) is 3. The van der Waals surface area contributed by atoms with Gasteiger partial charge in [0, 0.05) is 27.6 Å². The molecule has 1 amide bonds. The van der Waals surface area contributed by atoms with Crippen LogP contribution in [0, 0.1) is 0 Å². The predicted octanol–water partition coefficient (Wildman–Crippen LogP) is 5.49. The molecule has 8 heteroatoms. The van der Waals surface area contributed by atoms with Crippen LogP contribution >= 0.6 is 34.5 Å². The minimum atomic E-state index is -0.308. The maximum Gasteiger partial charge on any atom is 0.240 e. The molecule has 140 valence electrons. The van der Waals surface area contributed by atoms with Gasteiger partial charge in [-0.3, -0.25) is 4.79 Å². The summed E-state index contributed by atoms with van der Waals surface area (Å²) in [5.41, 5.74) is 3.43. The van der Waals surface area contributed by atoms with Crippen molar-refractivity contribution in [2.24, 2.45) is 0 Å². The molecule has 0 fully saturated rings. The topological polar surface area (TPSA) is 59.8 Å². The molecule has 0 aliphatic heterocycles. The molecule has 28 heavy (non-hydrogen) atoms. The quantitative estimate of drug-likeness (QED) is 0.427. The third kappa shape index (κ3) is 3.94. The molecule has 0 aliphatic carbocycles. The molecule has 0 saturated carbocycles. The number of alkyl halides is 1. The number of hydrogen-bond donors (Lipinski definition) is 1. The largest absolute Gasteiger partial charge is 0.309 e. The number of benzene rings is 2. The van der Waals surface area contributed by atoms with Crippen molar-refractivity contribution >= 4 is 46.3 Å². The smallest absolute Gasteiger partial charge is 0.240 e. The lowest BCUT2D eigenvalue weighted by atomic mass is 10.2. The van der Waals surface area contributed by atoms with Crippen LogP contribution in [0.4, 0.5) is 5.82 Å². The fraction of sp³-hybridized carbons (Fsp3) is 0.0500. The van der Waals surface area contributed by atoms with Crippen molar-refractivity contribution in [2.75, 3.05) is 11.2 Å². The van der Waals surface area contributed by atoms with E-state index in [0.717, 1.165) is 22.5 Å². The molecule has 0 spiro atoms. The van der Waals surface area contributed by atoms with Gasteiger partial charge in [-0.15, -0.1) is 22.9 Å². The number of aromatic nitrogens is 3. The van der Waals surface area contributed by atoms with Crippen molar-refractivity contribution < 1.29 is 4.79 Å². The molecule has 0 bridgehead atoms. The Morgan fingerprint density at radius 2 is 1.75 bits per heavy atom. The van der Waals surface area contributed by atoms with Crippen LogP contribution in [0.1, 0.15) is 0 Å². The average Bonchev–Trinajstić information content (AvgIpc) is 3.36. The fourth-order valence-electron chi connectivity index (χ4n) is 2.66. The van der Waals surface area contributed by atoms with E-state index >= 15 is 0 Å². The number of halogens is 2. The van der Waals surface area contributed by atoms with Gasteiger partial charge in [0.15, 0.2) is 0 Å². The van der Waals surface area contributed by atoms with Gasteiger partial charge in [-0.05, 0) is 12.1 Å². The van der Waals surface area contributed by atoms with E-state index in [2.05, 4.69) is 15.4 Å². The molecule has 5 nitrogen and oxygen atoms in total. The summed E-state index contributed by atoms with van der Waals surface area (Å²) < 4.78 is 1.62. The Morgan fingerprint density at radius 1 is 1.04 bits per heavy atom. The van der Waals surface area contributed by atoms with Gasteiger partial charge < -0.3 is 5.32 Å². The summed E-state index contributed by atoms with van der Waals surface area (Å²) in [6.45, 7) is 0. The first kappa shape index (κ1) is 18.7. The van der Waals surface area contributed by atoms with E-state index < -0.39 is 0 Å². The van der Waals surface area contributed by atoms with Crippen molar-refractivity contribution in [3.8, 4) is 27.6 Å². The molecule has 2 heterocycles. The Hall–Kier alpha value is -2.67. The summed E-state index contributed by atoms with van der Waals surface area (Å²) in [6, 6.07) is 19.0. The molecule has 0 saturated heterocycles. The van der Waals surface area contributed by atoms with Gasteiger partial charge in [0.25, 0.3) is 0 Å². The standard InChI is InChI=1S/C20H14Cl2N4OS/c21-11-19(27)24-18-10-16(13-4-2-1-3-5-13)25-26(18)20-23-17(12-28-20)14-6-8-15(22)9-7-14/h1-10,12H,11H2,(H,24,27). The van der Waals surface area contributed by atoms with Gasteiger partial charge in [-0.2, -0.15) is 9.78 Å². The highest BCUT2D eigenvalue weighted by Crippen LogP contribution is 2.29. The van der Waals surface area contributed by atoms with Crippen LogP contribution in [0.3, 0.4) is 0 Å². The highest BCUT2D eigenvalue weighted by Gasteiger charge is 2.16. The Morgan fingerprint density at radius 3 is 2.46 bits per heavy atom. The van der Waals surface area contributed by atoms with Crippen LogP contribution in [0.15, 0.2) is 66.0 Å². The average molecular weight is 429 g/mol. The summed E-state index contributed by atoms with van der Waals surface area (Å²) in [5, 5.41) is 10.7. The summed E-state index contributed by atoms with van der Waals surface area (Å²) in [4.78, 5) is 16.5. The van der Waals surface area contributed by atoms with Gasteiger partial charge in [-0.1, -0.05) is 54.1 Å². The summed E-state index contributed by atoms with van der Waals surface area (Å²) in [6.07, 6.45) is 0. The number of carbonyl (C=O) groups excluding carboxylic acids is 1. The maximum atomic E-state index is 11.9. The lowest BCUT2D eigenvalue weighted by molar-refractivity contribution is -0.114. The number of carbonyl (C=O) groups is 1. The number of rotatable bonds is 5. The number of hydrogen-bond acceptors (Lipinski definition) is 4. The van der Waals surface area contributed by atoms with Crippen molar-refractivity contribution in [3.05, 3.63) is 71.1 Å². The highest BCUT2D eigenvalue weighted by molar-refractivity contribution is 7.12. The molecule has 1 N–H and O–H groups in total. The summed E-state index contributed by atoms with van der Waals surface area (Å²) in [7, 11) is 0. The van der Waals surface area contributed by atoms with Crippen molar-refractivity contribution in [1.29, 1.82) is 0 Å². The van der Waals surface area contributed by atoms with E-state index in [4.69, 9.17) is 23.2 Å². The van der Waals surface area contributed by atoms with Crippen molar-refractivity contribution in [3.63, 3.8) is 0 Å². The lowest BCUT2D eigenvalue weighted by Gasteiger charge is -2.04. The molecule has 2 aromatic carbocycles. The van der Waals surface area contributed by atoms with E-state index in [0.29, 0.717) is 16.0 Å². The van der Waals surface area contributed by atoms with Gasteiger partial charge in [0.1, 0.15) is 11.7 Å². The number of amides is 1. The number of nitrogens with one attached hydrogen (secondary N) is 1. The molecular weight excluding hydrogens is 415 g/mol. The van der Waals surface area contributed by atoms with Crippen LogP contribution in [0.25, 0.3) is 27.6 Å². The number of thiazole rings is 1. The monoisotopic (exact) mass is 428 g/mol. The molecule has 0 unspecified atom stereocenters. The van der Waals surface area contributed by atoms with Crippen molar-refractivity contribution in [2.45, 2.75) is 0 Å². The van der Waals surface area contributed by atoms with Crippen LogP contribution in [0.2, 0.25) is 5.02 Å². The molecule has 0 aliphatic rings. The predicted molar refractivity (Wildman–Crippen MR) is 114 cm³/mol. The van der Waals surface area contributed by atoms with Crippen LogP contribution < -0.4 is 5.32 Å². The molecule has 2 aromatic heterocycles. The third-order valence-corrected chi connectivity index (χ3v) is 5.29. The second-order valence-corrected chi connectivity index (χ2v) is 7.44. The van der Waals surface area contributed by atoms with Gasteiger partial charge in [-0.25, -0.2) is 4.98 Å². The normalized spacial score (nSPS) is 10.8. The molecule has 4 rings (SSSR count). The first-order valence-electron chi connectivity index (χ1n) is 8.37. The summed E-state index contributed by atoms with van der Waals surface area (Å²) >= 11 is 13.0. The third-order valence-electron chi connectivity index (χ3n) is 3.98. The van der Waals surface area contributed by atoms with E-state index in [1.54, 1.807) is 4.68 Å². The van der Waals surface area contributed by atoms with E-state index in [1.165, 1.54) is 11.3 Å². The molecular formula is C20H14Cl2N4OS. The SMILES string of the molecule is O=C(CCl)Nc1cc(-c2ccccc2)nn1-c1nc(-c2ccc(Cl)cc2)cs1. The van der Waals surface area contributed by atoms with E-state index in [9.17, 15) is 4.79 Å². The first-order valence-corrected chi connectivity index (χ1v) is 10.2. The van der Waals surface area contributed by atoms with Crippen LogP contribution in [0.5, 0.6) is 0 Å². The second kappa shape index (κ2) is 8.14. The van der Waals surface area contributed by atoms with Gasteiger partial charge in [0.05, 0.1) is 11.4 Å². The number of anilines is 1.